The third-order valence-corrected chi connectivity index (χ3v) is 5.30. The average molecular weight is 495 g/mol. The molecule has 3 aromatic carbocycles. The first-order valence-electron chi connectivity index (χ1n) is 11.5. The number of halogens is 1. The van der Waals surface area contributed by atoms with Gasteiger partial charge in [-0.15, -0.1) is 0 Å². The van der Waals surface area contributed by atoms with Crippen LogP contribution in [0.4, 0.5) is 4.39 Å². The monoisotopic (exact) mass is 494 g/mol. The highest BCUT2D eigenvalue weighted by molar-refractivity contribution is 5.81. The van der Waals surface area contributed by atoms with Crippen LogP contribution in [0, 0.1) is 43.3 Å². The predicted molar refractivity (Wildman–Crippen MR) is 142 cm³/mol. The summed E-state index contributed by atoms with van der Waals surface area (Å²) in [5, 5.41) is 0. The molecule has 0 heterocycles. The maximum absolute atomic E-state index is 14.4. The van der Waals surface area contributed by atoms with E-state index < -0.39 is 5.97 Å². The summed E-state index contributed by atoms with van der Waals surface area (Å²) < 4.78 is 29.5. The third-order valence-electron chi connectivity index (χ3n) is 5.30. The van der Waals surface area contributed by atoms with Crippen molar-refractivity contribution in [3.63, 3.8) is 0 Å². The molecule has 0 aliphatic carbocycles. The Kier molecular flexibility index (Phi) is 9.85. The molecule has 0 aliphatic rings. The van der Waals surface area contributed by atoms with Crippen LogP contribution in [0.2, 0.25) is 0 Å². The summed E-state index contributed by atoms with van der Waals surface area (Å²) in [6.07, 6.45) is 2.41. The molecule has 5 heteroatoms. The second-order valence-electron chi connectivity index (χ2n) is 8.10. The molecule has 0 bridgehead atoms. The van der Waals surface area contributed by atoms with Crippen LogP contribution >= 0.6 is 0 Å². The topological polar surface area (TPSA) is 44.8 Å². The second kappa shape index (κ2) is 13.5. The summed E-state index contributed by atoms with van der Waals surface area (Å²) in [6.45, 7) is 11.1. The van der Waals surface area contributed by atoms with Crippen molar-refractivity contribution in [2.24, 2.45) is 0 Å². The summed E-state index contributed by atoms with van der Waals surface area (Å²) in [7, 11) is 0. The van der Waals surface area contributed by atoms with E-state index in [9.17, 15) is 9.18 Å². The van der Waals surface area contributed by atoms with E-state index in [1.807, 2.05) is 50.2 Å². The minimum absolute atomic E-state index is 0.0186. The van der Waals surface area contributed by atoms with E-state index >= 15 is 0 Å². The highest BCUT2D eigenvalue weighted by Crippen LogP contribution is 2.17. The van der Waals surface area contributed by atoms with Crippen LogP contribution < -0.4 is 0 Å². The molecule has 0 spiro atoms. The zero-order chi connectivity index (χ0) is 26.6. The maximum atomic E-state index is 14.4. The molecule has 0 unspecified atom stereocenters. The molecule has 0 aliphatic heterocycles. The molecule has 0 N–H and O–H groups in total. The zero-order valence-corrected chi connectivity index (χ0v) is 20.9. The summed E-state index contributed by atoms with van der Waals surface area (Å²) in [6, 6.07) is 16.3. The van der Waals surface area contributed by atoms with Crippen LogP contribution in [0.3, 0.4) is 0 Å². The van der Waals surface area contributed by atoms with E-state index in [-0.39, 0.29) is 25.8 Å². The Morgan fingerprint density at radius 2 is 1.51 bits per heavy atom. The van der Waals surface area contributed by atoms with E-state index in [1.54, 1.807) is 12.1 Å². The van der Waals surface area contributed by atoms with Gasteiger partial charge in [0, 0.05) is 33.9 Å². The van der Waals surface area contributed by atoms with Crippen LogP contribution in [0.5, 0.6) is 0 Å². The van der Waals surface area contributed by atoms with Gasteiger partial charge in [-0.05, 0) is 66.9 Å². The number of hydrogen-bond acceptors (Lipinski definition) is 4. The molecular weight excluding hydrogens is 467 g/mol. The van der Waals surface area contributed by atoms with Crippen LogP contribution in [-0.4, -0.2) is 12.8 Å². The van der Waals surface area contributed by atoms with Crippen molar-refractivity contribution in [1.29, 1.82) is 0 Å². The number of aryl methyl sites for hydroxylation is 2. The Bertz CT molecular complexity index is 1390. The molecule has 0 atom stereocenters. The smallest absolute Gasteiger partial charge is 0.330 e. The standard InChI is InChI=1S/C32H27FO4/c1-5-32(34)37-20-27-10-7-25(8-11-27)9-12-28-17-23(3)30(24(4)18-28)16-14-26-13-15-29(31(33)19-26)21-36-22-35-6-2/h5-8,10-11,13,15,17-19H,1-2,20-22H2,3-4H3. The van der Waals surface area contributed by atoms with Gasteiger partial charge in [-0.25, -0.2) is 9.18 Å². The molecule has 3 aromatic rings. The van der Waals surface area contributed by atoms with E-state index in [0.717, 1.165) is 39.5 Å². The maximum Gasteiger partial charge on any atom is 0.330 e. The van der Waals surface area contributed by atoms with Crippen molar-refractivity contribution in [2.75, 3.05) is 6.79 Å². The summed E-state index contributed by atoms with van der Waals surface area (Å²) in [5.41, 5.74) is 6.47. The first-order valence-corrected chi connectivity index (χ1v) is 11.5. The van der Waals surface area contributed by atoms with Crippen molar-refractivity contribution in [3.05, 3.63) is 130 Å². The van der Waals surface area contributed by atoms with Gasteiger partial charge in [0.1, 0.15) is 12.4 Å². The highest BCUT2D eigenvalue weighted by atomic mass is 19.1. The number of carbonyl (C=O) groups is 1. The van der Waals surface area contributed by atoms with Crippen molar-refractivity contribution in [2.45, 2.75) is 27.1 Å². The zero-order valence-electron chi connectivity index (χ0n) is 20.9. The molecule has 0 radical (unpaired) electrons. The number of esters is 1. The Labute approximate surface area is 217 Å². The van der Waals surface area contributed by atoms with Crippen LogP contribution in [0.1, 0.15) is 44.5 Å². The van der Waals surface area contributed by atoms with Crippen molar-refractivity contribution in [3.8, 4) is 23.7 Å². The van der Waals surface area contributed by atoms with Crippen LogP contribution in [-0.2, 0) is 32.2 Å². The SMILES string of the molecule is C=COCOCc1ccc(C#Cc2c(C)cc(C#Cc3ccc(COC(=O)C=C)cc3)cc2C)cc1F. The fourth-order valence-electron chi connectivity index (χ4n) is 3.40. The van der Waals surface area contributed by atoms with Gasteiger partial charge in [0.25, 0.3) is 0 Å². The Morgan fingerprint density at radius 3 is 2.16 bits per heavy atom. The first-order chi connectivity index (χ1) is 17.9. The van der Waals surface area contributed by atoms with Crippen molar-refractivity contribution in [1.82, 2.24) is 0 Å². The van der Waals surface area contributed by atoms with E-state index in [4.69, 9.17) is 14.2 Å². The van der Waals surface area contributed by atoms with Crippen LogP contribution in [0.25, 0.3) is 0 Å². The summed E-state index contributed by atoms with van der Waals surface area (Å²) >= 11 is 0. The summed E-state index contributed by atoms with van der Waals surface area (Å²) in [5.74, 6) is 11.7. The molecule has 0 fully saturated rings. The Morgan fingerprint density at radius 1 is 0.865 bits per heavy atom. The van der Waals surface area contributed by atoms with Crippen molar-refractivity contribution < 1.29 is 23.4 Å². The fourth-order valence-corrected chi connectivity index (χ4v) is 3.40. The molecule has 0 saturated heterocycles. The molecule has 0 aromatic heterocycles. The lowest BCUT2D eigenvalue weighted by Crippen LogP contribution is -1.99. The van der Waals surface area contributed by atoms with E-state index in [1.165, 1.54) is 12.3 Å². The number of rotatable bonds is 8. The van der Waals surface area contributed by atoms with Gasteiger partial charge in [0.2, 0.25) is 0 Å². The Balaban J connectivity index is 1.69. The lowest BCUT2D eigenvalue weighted by molar-refractivity contribution is -0.138. The number of carbonyl (C=O) groups excluding carboxylic acids is 1. The molecule has 186 valence electrons. The van der Waals surface area contributed by atoms with Gasteiger partial charge in [0.05, 0.1) is 12.9 Å². The average Bonchev–Trinajstić information content (AvgIpc) is 2.89. The minimum atomic E-state index is -0.454. The molecule has 0 saturated carbocycles. The Hall–Kier alpha value is -4.58. The first kappa shape index (κ1) is 27.0. The molecule has 0 amide bonds. The van der Waals surface area contributed by atoms with Gasteiger partial charge >= 0.3 is 5.97 Å². The van der Waals surface area contributed by atoms with Gasteiger partial charge in [-0.1, -0.05) is 55.0 Å². The minimum Gasteiger partial charge on any atom is -0.476 e. The summed E-state index contributed by atoms with van der Waals surface area (Å²) in [4.78, 5) is 11.2. The fraction of sp³-hybridized carbons (Fsp3) is 0.156. The molecule has 37 heavy (non-hydrogen) atoms. The third kappa shape index (κ3) is 8.25. The quantitative estimate of drug-likeness (QED) is 0.0947. The second-order valence-corrected chi connectivity index (χ2v) is 8.10. The lowest BCUT2D eigenvalue weighted by atomic mass is 9.99. The number of benzene rings is 3. The molecular formula is C32H27FO4. The number of hydrogen-bond donors (Lipinski definition) is 0. The highest BCUT2D eigenvalue weighted by Gasteiger charge is 2.05. The van der Waals surface area contributed by atoms with Gasteiger partial charge in [-0.2, -0.15) is 0 Å². The van der Waals surface area contributed by atoms with E-state index in [2.05, 4.69) is 36.8 Å². The molecule has 3 rings (SSSR count). The van der Waals surface area contributed by atoms with Gasteiger partial charge in [-0.3, -0.25) is 0 Å². The largest absolute Gasteiger partial charge is 0.476 e. The van der Waals surface area contributed by atoms with Crippen molar-refractivity contribution >= 4 is 5.97 Å². The molecule has 4 nitrogen and oxygen atoms in total. The van der Waals surface area contributed by atoms with Gasteiger partial charge < -0.3 is 14.2 Å². The van der Waals surface area contributed by atoms with Crippen LogP contribution in [0.15, 0.2) is 80.1 Å². The van der Waals surface area contributed by atoms with Gasteiger partial charge in [0.15, 0.2) is 6.79 Å². The number of ether oxygens (including phenoxy) is 3. The normalized spacial score (nSPS) is 9.81. The lowest BCUT2D eigenvalue weighted by Gasteiger charge is -2.06. The van der Waals surface area contributed by atoms with E-state index in [0.29, 0.717) is 11.1 Å². The predicted octanol–water partition coefficient (Wildman–Crippen LogP) is 6.11.